The molecule has 0 radical (unpaired) electrons. The van der Waals surface area contributed by atoms with Crippen molar-refractivity contribution in [2.24, 2.45) is 105 Å². The van der Waals surface area contributed by atoms with E-state index in [-0.39, 0.29) is 32.0 Å². The molecule has 5 nitrogen and oxygen atoms in total. The minimum atomic E-state index is -0.764. The van der Waals surface area contributed by atoms with Crippen molar-refractivity contribution in [1.29, 1.82) is 0 Å². The van der Waals surface area contributed by atoms with Crippen molar-refractivity contribution in [2.45, 2.75) is 269 Å². The van der Waals surface area contributed by atoms with Gasteiger partial charge in [-0.05, 0) is 233 Å². The second kappa shape index (κ2) is 25.7. The first-order valence-electron chi connectivity index (χ1n) is 30.0. The summed E-state index contributed by atoms with van der Waals surface area (Å²) in [6.45, 7) is 32.4. The minimum Gasteiger partial charge on any atom is -0.481 e. The Labute approximate surface area is 433 Å². The van der Waals surface area contributed by atoms with Crippen LogP contribution in [0.2, 0.25) is 0 Å². The highest BCUT2D eigenvalue weighted by Crippen LogP contribution is 2.70. The van der Waals surface area contributed by atoms with Crippen LogP contribution in [0.1, 0.15) is 256 Å². The van der Waals surface area contributed by atoms with Crippen LogP contribution in [0.15, 0.2) is 25.3 Å². The fraction of sp³-hybridized carbons (Fsp3) is 0.908. The predicted octanol–water partition coefficient (Wildman–Crippen LogP) is 18.1. The number of hydrogen-bond donors (Lipinski definition) is 2. The molecule has 0 aromatic carbocycles. The second-order valence-electron chi connectivity index (χ2n) is 27.7. The zero-order valence-electron chi connectivity index (χ0n) is 46.7. The molecule has 0 unspecified atom stereocenters. The predicted molar refractivity (Wildman–Crippen MR) is 295 cm³/mol. The van der Waals surface area contributed by atoms with Crippen LogP contribution in [-0.4, -0.2) is 34.4 Å². The molecule has 8 fully saturated rings. The Bertz CT molecular complexity index is 1650. The van der Waals surface area contributed by atoms with E-state index in [0.29, 0.717) is 34.5 Å². The van der Waals surface area contributed by atoms with Gasteiger partial charge in [0.1, 0.15) is 6.10 Å². The van der Waals surface area contributed by atoms with Crippen molar-refractivity contribution in [3.63, 3.8) is 0 Å². The zero-order chi connectivity index (χ0) is 50.3. The van der Waals surface area contributed by atoms with Crippen LogP contribution in [-0.2, 0) is 14.3 Å². The van der Waals surface area contributed by atoms with Gasteiger partial charge in [0, 0.05) is 12.8 Å². The van der Waals surface area contributed by atoms with E-state index in [4.69, 9.17) is 9.84 Å². The van der Waals surface area contributed by atoms with Crippen molar-refractivity contribution in [3.05, 3.63) is 25.3 Å². The number of carboxylic acids is 1. The third-order valence-electron chi connectivity index (χ3n) is 23.1. The Hall–Kier alpha value is -1.62. The van der Waals surface area contributed by atoms with Gasteiger partial charge in [-0.15, -0.1) is 13.2 Å². The van der Waals surface area contributed by atoms with Gasteiger partial charge in [-0.3, -0.25) is 9.59 Å². The topological polar surface area (TPSA) is 83.8 Å². The highest BCUT2D eigenvalue weighted by atomic mass is 16.5. The number of fused-ring (bicyclic) bond motifs is 10. The van der Waals surface area contributed by atoms with Crippen LogP contribution in [0.25, 0.3) is 0 Å². The third kappa shape index (κ3) is 13.2. The van der Waals surface area contributed by atoms with Gasteiger partial charge >= 0.3 is 11.9 Å². The summed E-state index contributed by atoms with van der Waals surface area (Å²) >= 11 is 0. The summed E-state index contributed by atoms with van der Waals surface area (Å²) in [5.74, 6) is 11.9. The molecule has 0 spiro atoms. The van der Waals surface area contributed by atoms with E-state index in [1.54, 1.807) is 6.08 Å². The van der Waals surface area contributed by atoms with E-state index in [1.807, 2.05) is 6.08 Å². The highest BCUT2D eigenvalue weighted by Gasteiger charge is 2.62. The maximum Gasteiger partial charge on any atom is 0.306 e. The monoisotopic (exact) mass is 975 g/mol. The SMILES string of the molecule is C.C=CCCC(=O)O.C=CCCC(=O)O[C@H]1CC[C@@]2(C)[C@@H](CC[C@@H]3[C@@H]2CC[C@]2(C)[C@@H]([C@H](C)CCCC(C)C)CC[C@@H]32)C1.CC(C)CCC[C@@H](C)[C@H]1CC[C@H]2[C@@H]3CC[C@H]4C[C@@H](O)CC[C@]4(C)[C@H]3CC[C@]12C. The largest absolute Gasteiger partial charge is 0.481 e. The molecule has 404 valence electrons. The van der Waals surface area contributed by atoms with Crippen molar-refractivity contribution in [2.75, 3.05) is 0 Å². The molecular formula is C65H114O5. The number of carbonyl (C=O) groups excluding carboxylic acids is 1. The molecule has 8 aliphatic rings. The molecule has 0 bridgehead atoms. The lowest BCUT2D eigenvalue weighted by Gasteiger charge is -2.61. The number of allylic oxidation sites excluding steroid dienone is 2. The van der Waals surface area contributed by atoms with Gasteiger partial charge in [0.15, 0.2) is 0 Å². The molecule has 0 saturated heterocycles. The van der Waals surface area contributed by atoms with E-state index in [0.717, 1.165) is 115 Å². The number of aliphatic hydroxyl groups is 1. The van der Waals surface area contributed by atoms with E-state index in [2.05, 4.69) is 82.4 Å². The van der Waals surface area contributed by atoms with Gasteiger partial charge in [0.2, 0.25) is 0 Å². The van der Waals surface area contributed by atoms with E-state index in [9.17, 15) is 14.7 Å². The number of esters is 1. The van der Waals surface area contributed by atoms with Gasteiger partial charge < -0.3 is 14.9 Å². The summed E-state index contributed by atoms with van der Waals surface area (Å²) in [4.78, 5) is 21.9. The number of aliphatic carboxylic acids is 1. The molecule has 2 N–H and O–H groups in total. The summed E-state index contributed by atoms with van der Waals surface area (Å²) in [5.41, 5.74) is 2.20. The van der Waals surface area contributed by atoms with Gasteiger partial charge in [-0.1, -0.05) is 127 Å². The maximum atomic E-state index is 12.2. The van der Waals surface area contributed by atoms with E-state index < -0.39 is 5.97 Å². The first-order chi connectivity index (χ1) is 32.7. The van der Waals surface area contributed by atoms with E-state index >= 15 is 0 Å². The highest BCUT2D eigenvalue weighted by molar-refractivity contribution is 5.69. The zero-order valence-corrected chi connectivity index (χ0v) is 46.7. The normalized spacial score (nSPS) is 41.2. The average Bonchev–Trinajstić information content (AvgIpc) is 3.85. The van der Waals surface area contributed by atoms with Crippen molar-refractivity contribution in [3.8, 4) is 0 Å². The van der Waals surface area contributed by atoms with Crippen LogP contribution in [0.5, 0.6) is 0 Å². The maximum absolute atomic E-state index is 12.2. The van der Waals surface area contributed by atoms with Crippen molar-refractivity contribution < 1.29 is 24.5 Å². The average molecular weight is 976 g/mol. The Balaban J connectivity index is 0.000000230. The van der Waals surface area contributed by atoms with Crippen LogP contribution in [0, 0.1) is 105 Å². The Morgan fingerprint density at radius 3 is 1.43 bits per heavy atom. The standard InChI is InChI=1S/C32H54O2.C27H48O.C5H8O2.CH4/c1-7-8-12-30(33)34-25-17-19-31(5)24(21-25)13-14-26-28-16-15-27(23(4)11-9-10-22(2)3)32(28,6)20-18-29(26)31;1-18(2)7-6-8-19(3)23-11-12-24-22-10-9-20-17-21(28)13-15-26(20,4)25(22)14-16-27(23,24)5;1-2-3-4-5(6)7;/h7,22-29H,1,8-21H2,2-6H3;18-25,28H,6-17H2,1-5H3;2H,1,3-4H2,(H,6,7);1H4/t23-,24+,25+,26+,27-,28+,29+,31+,32-;19-,20+,21+,22+,23-,24+,25+,26+,27-;;/m11../s1. The Morgan fingerprint density at radius 2 is 0.986 bits per heavy atom. The van der Waals surface area contributed by atoms with Crippen LogP contribution in [0.4, 0.5) is 0 Å². The first kappa shape index (κ1) is 59.3. The number of carboxylic acid groups (broad SMARTS) is 1. The van der Waals surface area contributed by atoms with Gasteiger partial charge in [0.05, 0.1) is 6.10 Å². The summed E-state index contributed by atoms with van der Waals surface area (Å²) in [6, 6.07) is 0. The Morgan fingerprint density at radius 1 is 0.557 bits per heavy atom. The summed E-state index contributed by atoms with van der Waals surface area (Å²) < 4.78 is 5.91. The molecule has 5 heteroatoms. The van der Waals surface area contributed by atoms with Crippen molar-refractivity contribution in [1.82, 2.24) is 0 Å². The second-order valence-corrected chi connectivity index (χ2v) is 27.7. The molecule has 0 heterocycles. The molecule has 0 aromatic heterocycles. The minimum absolute atomic E-state index is 0. The smallest absolute Gasteiger partial charge is 0.306 e. The van der Waals surface area contributed by atoms with Crippen LogP contribution in [0.3, 0.4) is 0 Å². The first-order valence-corrected chi connectivity index (χ1v) is 30.0. The summed E-state index contributed by atoms with van der Waals surface area (Å²) in [6.07, 6.45) is 38.5. The van der Waals surface area contributed by atoms with Crippen LogP contribution >= 0.6 is 0 Å². The molecule has 8 saturated carbocycles. The molecule has 0 aromatic rings. The molecule has 70 heavy (non-hydrogen) atoms. The summed E-state index contributed by atoms with van der Waals surface area (Å²) in [7, 11) is 0. The van der Waals surface area contributed by atoms with Gasteiger partial charge in [-0.25, -0.2) is 0 Å². The van der Waals surface area contributed by atoms with E-state index in [1.165, 1.54) is 128 Å². The van der Waals surface area contributed by atoms with Gasteiger partial charge in [0.25, 0.3) is 0 Å². The lowest BCUT2D eigenvalue weighted by Crippen LogP contribution is -2.54. The van der Waals surface area contributed by atoms with Gasteiger partial charge in [-0.2, -0.15) is 0 Å². The van der Waals surface area contributed by atoms with Crippen LogP contribution < -0.4 is 0 Å². The number of carbonyl (C=O) groups is 2. The third-order valence-corrected chi connectivity index (χ3v) is 23.1. The molecule has 8 rings (SSSR count). The summed E-state index contributed by atoms with van der Waals surface area (Å²) in [5, 5.41) is 18.2. The van der Waals surface area contributed by atoms with Crippen molar-refractivity contribution >= 4 is 11.9 Å². The molecule has 18 atom stereocenters. The Kier molecular flexibility index (Phi) is 21.8. The molecular weight excluding hydrogens is 861 g/mol. The molecule has 0 amide bonds. The number of ether oxygens (including phenoxy) is 1. The number of aliphatic hydroxyl groups excluding tert-OH is 1. The fourth-order valence-corrected chi connectivity index (χ4v) is 19.3. The quantitative estimate of drug-likeness (QED) is 0.112. The lowest BCUT2D eigenvalue weighted by atomic mass is 9.44. The lowest BCUT2D eigenvalue weighted by molar-refractivity contribution is -0.162. The molecule has 0 aliphatic heterocycles. The molecule has 8 aliphatic carbocycles. The number of rotatable bonds is 17. The number of hydrogen-bond acceptors (Lipinski definition) is 4. The fourth-order valence-electron chi connectivity index (χ4n) is 19.3.